The minimum absolute atomic E-state index is 0.141. The van der Waals surface area contributed by atoms with Gasteiger partial charge >= 0.3 is 0 Å². The van der Waals surface area contributed by atoms with Gasteiger partial charge in [-0.25, -0.2) is 4.98 Å². The molecule has 0 aliphatic heterocycles. The summed E-state index contributed by atoms with van der Waals surface area (Å²) in [6.07, 6.45) is 2.39. The number of primary amides is 1. The van der Waals surface area contributed by atoms with Crippen LogP contribution in [0.4, 0.5) is 0 Å². The Morgan fingerprint density at radius 1 is 1.33 bits per heavy atom. The van der Waals surface area contributed by atoms with Crippen LogP contribution in [0.3, 0.4) is 0 Å². The molecular formula is C14H19N5O2. The van der Waals surface area contributed by atoms with Gasteiger partial charge in [0.2, 0.25) is 11.8 Å². The molecule has 5 N–H and O–H groups in total. The van der Waals surface area contributed by atoms with E-state index < -0.39 is 11.9 Å². The number of rotatable bonds is 7. The largest absolute Gasteiger partial charge is 0.370 e. The first-order valence-corrected chi connectivity index (χ1v) is 6.79. The number of imidazole rings is 1. The van der Waals surface area contributed by atoms with Gasteiger partial charge in [-0.05, 0) is 18.6 Å². The third-order valence-electron chi connectivity index (χ3n) is 3.16. The number of hydrogen-bond acceptors (Lipinski definition) is 4. The average Bonchev–Trinajstić information content (AvgIpc) is 2.86. The van der Waals surface area contributed by atoms with Crippen LogP contribution in [0.15, 0.2) is 30.6 Å². The smallest absolute Gasteiger partial charge is 0.237 e. The highest BCUT2D eigenvalue weighted by Crippen LogP contribution is 2.11. The van der Waals surface area contributed by atoms with Gasteiger partial charge in [-0.15, -0.1) is 0 Å². The Labute approximate surface area is 122 Å². The normalized spacial score (nSPS) is 12.2. The first kappa shape index (κ1) is 15.0. The molecule has 0 radical (unpaired) electrons. The van der Waals surface area contributed by atoms with Crippen molar-refractivity contribution in [2.45, 2.75) is 25.4 Å². The Morgan fingerprint density at radius 2 is 2.10 bits per heavy atom. The van der Waals surface area contributed by atoms with Gasteiger partial charge in [0.15, 0.2) is 0 Å². The molecule has 7 heteroatoms. The first-order chi connectivity index (χ1) is 10.1. The number of aromatic nitrogens is 2. The van der Waals surface area contributed by atoms with Crippen LogP contribution in [0.1, 0.15) is 12.8 Å². The van der Waals surface area contributed by atoms with E-state index in [0.29, 0.717) is 6.54 Å². The van der Waals surface area contributed by atoms with Gasteiger partial charge in [0.05, 0.1) is 29.8 Å². The van der Waals surface area contributed by atoms with Gasteiger partial charge in [0.25, 0.3) is 0 Å². The highest BCUT2D eigenvalue weighted by Gasteiger charge is 2.15. The number of carbonyl (C=O) groups excluding carboxylic acids is 2. The van der Waals surface area contributed by atoms with Gasteiger partial charge in [0.1, 0.15) is 0 Å². The van der Waals surface area contributed by atoms with E-state index in [9.17, 15) is 9.59 Å². The van der Waals surface area contributed by atoms with E-state index in [1.807, 2.05) is 28.8 Å². The van der Waals surface area contributed by atoms with E-state index in [1.165, 1.54) is 0 Å². The number of amides is 2. The van der Waals surface area contributed by atoms with Crippen LogP contribution in [0.2, 0.25) is 0 Å². The van der Waals surface area contributed by atoms with Crippen molar-refractivity contribution in [3.8, 4) is 0 Å². The van der Waals surface area contributed by atoms with E-state index in [-0.39, 0.29) is 12.3 Å². The zero-order chi connectivity index (χ0) is 15.2. The van der Waals surface area contributed by atoms with Gasteiger partial charge in [-0.1, -0.05) is 12.1 Å². The van der Waals surface area contributed by atoms with E-state index in [1.54, 1.807) is 6.33 Å². The van der Waals surface area contributed by atoms with Crippen molar-refractivity contribution in [3.05, 3.63) is 30.6 Å². The molecule has 0 aliphatic rings. The fourth-order valence-corrected chi connectivity index (χ4v) is 2.09. The maximum Gasteiger partial charge on any atom is 0.237 e. The second-order valence-electron chi connectivity index (χ2n) is 4.85. The van der Waals surface area contributed by atoms with Crippen molar-refractivity contribution in [1.82, 2.24) is 14.9 Å². The summed E-state index contributed by atoms with van der Waals surface area (Å²) in [4.78, 5) is 26.6. The second kappa shape index (κ2) is 6.85. The molecule has 0 bridgehead atoms. The molecule has 2 aromatic rings. The quantitative estimate of drug-likeness (QED) is 0.609. The molecule has 1 atom stereocenters. The summed E-state index contributed by atoms with van der Waals surface area (Å²) in [5.41, 5.74) is 12.5. The standard InChI is InChI=1S/C14H19N5O2/c15-10(8-13(16)20)14(21)17-6-3-7-19-9-18-11-4-1-2-5-12(11)19/h1-2,4-5,9-10H,3,6-8,15H2,(H2,16,20)(H,17,21). The molecule has 1 heterocycles. The summed E-state index contributed by atoms with van der Waals surface area (Å²) in [6, 6.07) is 6.99. The Hall–Kier alpha value is -2.41. The molecule has 112 valence electrons. The molecule has 1 aromatic heterocycles. The summed E-state index contributed by atoms with van der Waals surface area (Å²) in [7, 11) is 0. The molecular weight excluding hydrogens is 270 g/mol. The summed E-state index contributed by atoms with van der Waals surface area (Å²) < 4.78 is 2.03. The number of nitrogens with one attached hydrogen (secondary N) is 1. The molecule has 0 aliphatic carbocycles. The first-order valence-electron chi connectivity index (χ1n) is 6.79. The summed E-state index contributed by atoms with van der Waals surface area (Å²) in [6.45, 7) is 1.23. The van der Waals surface area contributed by atoms with E-state index >= 15 is 0 Å². The van der Waals surface area contributed by atoms with Crippen LogP contribution in [0, 0.1) is 0 Å². The van der Waals surface area contributed by atoms with Gasteiger partial charge in [0, 0.05) is 13.1 Å². The molecule has 0 spiro atoms. The molecule has 2 rings (SSSR count). The minimum Gasteiger partial charge on any atom is -0.370 e. The van der Waals surface area contributed by atoms with E-state index in [0.717, 1.165) is 24.0 Å². The van der Waals surface area contributed by atoms with E-state index in [4.69, 9.17) is 11.5 Å². The molecule has 0 saturated carbocycles. The highest BCUT2D eigenvalue weighted by atomic mass is 16.2. The number of carbonyl (C=O) groups is 2. The number of aryl methyl sites for hydroxylation is 1. The Balaban J connectivity index is 1.77. The number of nitrogens with two attached hydrogens (primary N) is 2. The summed E-state index contributed by atoms with van der Waals surface area (Å²) >= 11 is 0. The van der Waals surface area contributed by atoms with Crippen molar-refractivity contribution in [2.75, 3.05) is 6.54 Å². The van der Waals surface area contributed by atoms with Crippen molar-refractivity contribution >= 4 is 22.8 Å². The van der Waals surface area contributed by atoms with Crippen LogP contribution < -0.4 is 16.8 Å². The molecule has 0 saturated heterocycles. The number of fused-ring (bicyclic) bond motifs is 1. The van der Waals surface area contributed by atoms with Crippen LogP contribution >= 0.6 is 0 Å². The van der Waals surface area contributed by atoms with Crippen LogP contribution in [0.25, 0.3) is 11.0 Å². The molecule has 7 nitrogen and oxygen atoms in total. The molecule has 21 heavy (non-hydrogen) atoms. The van der Waals surface area contributed by atoms with Gasteiger partial charge in [-0.2, -0.15) is 0 Å². The third-order valence-corrected chi connectivity index (χ3v) is 3.16. The van der Waals surface area contributed by atoms with Crippen molar-refractivity contribution < 1.29 is 9.59 Å². The predicted molar refractivity (Wildman–Crippen MR) is 79.1 cm³/mol. The molecule has 0 fully saturated rings. The lowest BCUT2D eigenvalue weighted by Gasteiger charge is -2.10. The predicted octanol–water partition coefficient (Wildman–Crippen LogP) is -0.255. The van der Waals surface area contributed by atoms with Gasteiger partial charge in [-0.3, -0.25) is 9.59 Å². The van der Waals surface area contributed by atoms with Gasteiger partial charge < -0.3 is 21.4 Å². The Bertz CT molecular complexity index is 637. The topological polar surface area (TPSA) is 116 Å². The van der Waals surface area contributed by atoms with Crippen LogP contribution in [-0.2, 0) is 16.1 Å². The molecule has 1 aromatic carbocycles. The zero-order valence-corrected chi connectivity index (χ0v) is 11.7. The zero-order valence-electron chi connectivity index (χ0n) is 11.7. The molecule has 2 amide bonds. The van der Waals surface area contributed by atoms with Crippen molar-refractivity contribution in [3.63, 3.8) is 0 Å². The lowest BCUT2D eigenvalue weighted by Crippen LogP contribution is -2.43. The van der Waals surface area contributed by atoms with Crippen LogP contribution in [-0.4, -0.2) is 34.0 Å². The summed E-state index contributed by atoms with van der Waals surface area (Å²) in [5, 5.41) is 2.69. The van der Waals surface area contributed by atoms with E-state index in [2.05, 4.69) is 10.3 Å². The Morgan fingerprint density at radius 3 is 2.86 bits per heavy atom. The number of benzene rings is 1. The number of para-hydroxylation sites is 2. The minimum atomic E-state index is -0.878. The fraction of sp³-hybridized carbons (Fsp3) is 0.357. The number of hydrogen-bond donors (Lipinski definition) is 3. The maximum atomic E-state index is 11.6. The number of nitrogens with zero attached hydrogens (tertiary/aromatic N) is 2. The maximum absolute atomic E-state index is 11.6. The monoisotopic (exact) mass is 289 g/mol. The lowest BCUT2D eigenvalue weighted by molar-refractivity contribution is -0.126. The second-order valence-corrected chi connectivity index (χ2v) is 4.85. The lowest BCUT2D eigenvalue weighted by atomic mass is 10.2. The average molecular weight is 289 g/mol. The third kappa shape index (κ3) is 4.03. The highest BCUT2D eigenvalue weighted by molar-refractivity contribution is 5.87. The Kier molecular flexibility index (Phi) is 4.89. The van der Waals surface area contributed by atoms with Crippen LogP contribution in [0.5, 0.6) is 0 Å². The fourth-order valence-electron chi connectivity index (χ4n) is 2.09. The van der Waals surface area contributed by atoms with Crippen molar-refractivity contribution in [2.24, 2.45) is 11.5 Å². The SMILES string of the molecule is NC(=O)CC(N)C(=O)NCCCn1cnc2ccccc21. The summed E-state index contributed by atoms with van der Waals surface area (Å²) in [5.74, 6) is -0.938. The molecule has 1 unspecified atom stereocenters. The van der Waals surface area contributed by atoms with Crippen molar-refractivity contribution in [1.29, 1.82) is 0 Å².